The summed E-state index contributed by atoms with van der Waals surface area (Å²) < 4.78 is 40.2. The molecule has 1 N–H and O–H groups in total. The molecule has 1 aliphatic rings. The largest absolute Gasteiger partial charge is 0.573 e. The summed E-state index contributed by atoms with van der Waals surface area (Å²) in [4.78, 5) is 0. The second kappa shape index (κ2) is 6.17. The predicted octanol–water partition coefficient (Wildman–Crippen LogP) is 4.58. The summed E-state index contributed by atoms with van der Waals surface area (Å²) in [5.41, 5.74) is 0.673. The highest BCUT2D eigenvalue weighted by atomic mass is 19.4. The first-order valence-electron chi connectivity index (χ1n) is 6.62. The van der Waals surface area contributed by atoms with Crippen LogP contribution in [0.4, 0.5) is 18.9 Å². The van der Waals surface area contributed by atoms with Crippen molar-refractivity contribution in [1.82, 2.24) is 0 Å². The lowest BCUT2D eigenvalue weighted by Crippen LogP contribution is -2.18. The van der Waals surface area contributed by atoms with Crippen molar-refractivity contribution in [2.45, 2.75) is 38.5 Å². The fourth-order valence-corrected chi connectivity index (χ4v) is 2.46. The van der Waals surface area contributed by atoms with E-state index in [1.165, 1.54) is 44.2 Å². The number of hydrogen-bond donors (Lipinski definition) is 1. The zero-order valence-electron chi connectivity index (χ0n) is 10.7. The maximum atomic E-state index is 12.1. The SMILES string of the molecule is FC(F)(F)Oc1cccc(NCC2CCCCC2)c1. The van der Waals surface area contributed by atoms with Crippen LogP contribution in [0.15, 0.2) is 24.3 Å². The molecule has 0 saturated heterocycles. The Morgan fingerprint density at radius 2 is 1.89 bits per heavy atom. The molecule has 1 aliphatic carbocycles. The van der Waals surface area contributed by atoms with Gasteiger partial charge in [0, 0.05) is 18.3 Å². The van der Waals surface area contributed by atoms with Crippen LogP contribution in [0.3, 0.4) is 0 Å². The second-order valence-electron chi connectivity index (χ2n) is 4.96. The van der Waals surface area contributed by atoms with E-state index in [-0.39, 0.29) is 5.75 Å². The number of hydrogen-bond acceptors (Lipinski definition) is 2. The first kappa shape index (κ1) is 14.0. The van der Waals surface area contributed by atoms with Gasteiger partial charge in [-0.2, -0.15) is 0 Å². The normalized spacial score (nSPS) is 17.2. The molecule has 0 atom stereocenters. The van der Waals surface area contributed by atoms with Gasteiger partial charge in [0.15, 0.2) is 0 Å². The molecule has 1 fully saturated rings. The van der Waals surface area contributed by atoms with Crippen molar-refractivity contribution in [3.05, 3.63) is 24.3 Å². The summed E-state index contributed by atoms with van der Waals surface area (Å²) in [5, 5.41) is 3.19. The smallest absolute Gasteiger partial charge is 0.406 e. The van der Waals surface area contributed by atoms with E-state index in [1.54, 1.807) is 12.1 Å². The topological polar surface area (TPSA) is 21.3 Å². The van der Waals surface area contributed by atoms with Gasteiger partial charge < -0.3 is 10.1 Å². The van der Waals surface area contributed by atoms with Gasteiger partial charge in [-0.1, -0.05) is 25.3 Å². The van der Waals surface area contributed by atoms with Crippen molar-refractivity contribution in [2.75, 3.05) is 11.9 Å². The zero-order valence-corrected chi connectivity index (χ0v) is 10.7. The van der Waals surface area contributed by atoms with E-state index in [9.17, 15) is 13.2 Å². The average Bonchev–Trinajstić information content (AvgIpc) is 2.36. The van der Waals surface area contributed by atoms with Crippen LogP contribution in [-0.2, 0) is 0 Å². The molecule has 0 aromatic heterocycles. The third kappa shape index (κ3) is 5.01. The van der Waals surface area contributed by atoms with Gasteiger partial charge in [0.2, 0.25) is 0 Å². The van der Waals surface area contributed by atoms with Crippen LogP contribution in [0.5, 0.6) is 5.75 Å². The van der Waals surface area contributed by atoms with Gasteiger partial charge in [-0.15, -0.1) is 13.2 Å². The molecular formula is C14H18F3NO. The van der Waals surface area contributed by atoms with E-state index in [0.717, 1.165) is 6.54 Å². The van der Waals surface area contributed by atoms with Crippen molar-refractivity contribution in [3.63, 3.8) is 0 Å². The van der Waals surface area contributed by atoms with Crippen LogP contribution >= 0.6 is 0 Å². The van der Waals surface area contributed by atoms with Gasteiger partial charge in [0.05, 0.1) is 0 Å². The Bertz CT molecular complexity index is 400. The quantitative estimate of drug-likeness (QED) is 0.867. The Kier molecular flexibility index (Phi) is 4.56. The molecule has 0 heterocycles. The Labute approximate surface area is 111 Å². The lowest BCUT2D eigenvalue weighted by atomic mass is 9.89. The summed E-state index contributed by atoms with van der Waals surface area (Å²) in [6.45, 7) is 0.815. The Hall–Kier alpha value is -1.39. The van der Waals surface area contributed by atoms with Crippen LogP contribution in [0, 0.1) is 5.92 Å². The van der Waals surface area contributed by atoms with Crippen molar-refractivity contribution in [1.29, 1.82) is 0 Å². The number of rotatable bonds is 4. The van der Waals surface area contributed by atoms with E-state index in [4.69, 9.17) is 0 Å². The highest BCUT2D eigenvalue weighted by Crippen LogP contribution is 2.27. The van der Waals surface area contributed by atoms with Gasteiger partial charge in [-0.25, -0.2) is 0 Å². The fraction of sp³-hybridized carbons (Fsp3) is 0.571. The van der Waals surface area contributed by atoms with Crippen LogP contribution < -0.4 is 10.1 Å². The monoisotopic (exact) mass is 273 g/mol. The van der Waals surface area contributed by atoms with Gasteiger partial charge in [-0.3, -0.25) is 0 Å². The highest BCUT2D eigenvalue weighted by Gasteiger charge is 2.31. The number of nitrogens with one attached hydrogen (secondary N) is 1. The van der Waals surface area contributed by atoms with Crippen LogP contribution in [-0.4, -0.2) is 12.9 Å². The molecule has 0 spiro atoms. The van der Waals surface area contributed by atoms with Crippen molar-refractivity contribution < 1.29 is 17.9 Å². The van der Waals surface area contributed by atoms with E-state index < -0.39 is 6.36 Å². The summed E-state index contributed by atoms with van der Waals surface area (Å²) in [7, 11) is 0. The first-order chi connectivity index (χ1) is 9.03. The highest BCUT2D eigenvalue weighted by molar-refractivity contribution is 5.48. The minimum Gasteiger partial charge on any atom is -0.406 e. The van der Waals surface area contributed by atoms with Crippen LogP contribution in [0.2, 0.25) is 0 Å². The number of benzene rings is 1. The van der Waals surface area contributed by atoms with E-state index in [1.807, 2.05) is 0 Å². The first-order valence-corrected chi connectivity index (χ1v) is 6.62. The molecular weight excluding hydrogens is 255 g/mol. The van der Waals surface area contributed by atoms with E-state index in [0.29, 0.717) is 11.6 Å². The van der Waals surface area contributed by atoms with Crippen LogP contribution in [0.1, 0.15) is 32.1 Å². The molecule has 2 rings (SSSR count). The van der Waals surface area contributed by atoms with E-state index in [2.05, 4.69) is 10.1 Å². The Morgan fingerprint density at radius 1 is 1.16 bits per heavy atom. The molecule has 1 saturated carbocycles. The lowest BCUT2D eigenvalue weighted by molar-refractivity contribution is -0.274. The summed E-state index contributed by atoms with van der Waals surface area (Å²) in [5.74, 6) is 0.446. The molecule has 1 aromatic rings. The van der Waals surface area contributed by atoms with Crippen LogP contribution in [0.25, 0.3) is 0 Å². The Balaban J connectivity index is 1.87. The van der Waals surface area contributed by atoms with Crippen molar-refractivity contribution in [2.24, 2.45) is 5.92 Å². The van der Waals surface area contributed by atoms with Gasteiger partial charge in [0.25, 0.3) is 0 Å². The third-order valence-corrected chi connectivity index (χ3v) is 3.39. The molecule has 0 bridgehead atoms. The summed E-state index contributed by atoms with van der Waals surface area (Å²) in [6.07, 6.45) is 1.57. The minimum atomic E-state index is -4.64. The second-order valence-corrected chi connectivity index (χ2v) is 4.96. The molecule has 1 aromatic carbocycles. The molecule has 0 aliphatic heterocycles. The standard InChI is InChI=1S/C14H18F3NO/c15-14(16,17)19-13-8-4-7-12(9-13)18-10-11-5-2-1-3-6-11/h4,7-9,11,18H,1-3,5-6,10H2. The minimum absolute atomic E-state index is 0.179. The number of halogens is 3. The van der Waals surface area contributed by atoms with Crippen molar-refractivity contribution >= 4 is 5.69 Å². The third-order valence-electron chi connectivity index (χ3n) is 3.39. The molecule has 0 amide bonds. The maximum Gasteiger partial charge on any atom is 0.573 e. The van der Waals surface area contributed by atoms with Gasteiger partial charge in [-0.05, 0) is 30.9 Å². The van der Waals surface area contributed by atoms with Gasteiger partial charge in [0.1, 0.15) is 5.75 Å². The number of anilines is 1. The van der Waals surface area contributed by atoms with Gasteiger partial charge >= 0.3 is 6.36 Å². The summed E-state index contributed by atoms with van der Waals surface area (Å²) in [6, 6.07) is 6.01. The molecule has 5 heteroatoms. The maximum absolute atomic E-state index is 12.1. The van der Waals surface area contributed by atoms with Crippen molar-refractivity contribution in [3.8, 4) is 5.75 Å². The fourth-order valence-electron chi connectivity index (χ4n) is 2.46. The molecule has 0 unspecified atom stereocenters. The summed E-state index contributed by atoms with van der Waals surface area (Å²) >= 11 is 0. The molecule has 0 radical (unpaired) electrons. The molecule has 2 nitrogen and oxygen atoms in total. The lowest BCUT2D eigenvalue weighted by Gasteiger charge is -2.22. The molecule has 106 valence electrons. The molecule has 19 heavy (non-hydrogen) atoms. The zero-order chi connectivity index (χ0) is 13.7. The average molecular weight is 273 g/mol. The number of ether oxygens (including phenoxy) is 1. The Morgan fingerprint density at radius 3 is 2.58 bits per heavy atom. The predicted molar refractivity (Wildman–Crippen MR) is 68.2 cm³/mol. The van der Waals surface area contributed by atoms with E-state index >= 15 is 0 Å². The number of alkyl halides is 3.